The minimum absolute atomic E-state index is 0.175. The Labute approximate surface area is 259 Å². The van der Waals surface area contributed by atoms with Crippen LogP contribution < -0.4 is 9.47 Å². The number of nitrogens with zero attached hydrogens (tertiary/aromatic N) is 2. The number of Topliss-reactive ketones (excluding diaryl/α,β-unsaturated/α-hetero) is 1. The molecule has 3 fully saturated rings. The number of hydrogen-bond acceptors (Lipinski definition) is 5. The molecular weight excluding hydrogens is 532 g/mol. The third-order valence-electron chi connectivity index (χ3n) is 9.09. The van der Waals surface area contributed by atoms with E-state index in [0.717, 1.165) is 79.1 Å². The second-order valence-corrected chi connectivity index (χ2v) is 12.6. The zero-order valence-electron chi connectivity index (χ0n) is 26.2. The Morgan fingerprint density at radius 1 is 0.535 bits per heavy atom. The normalized spacial score (nSPS) is 20.5. The van der Waals surface area contributed by atoms with E-state index in [9.17, 15) is 4.79 Å². The molecule has 0 unspecified atom stereocenters. The van der Waals surface area contributed by atoms with Gasteiger partial charge < -0.3 is 19.3 Å². The Morgan fingerprint density at radius 3 is 1.37 bits per heavy atom. The zero-order chi connectivity index (χ0) is 29.5. The average molecular weight is 585 g/mol. The van der Waals surface area contributed by atoms with Gasteiger partial charge in [-0.25, -0.2) is 0 Å². The number of carbonyl (C=O) groups is 1. The van der Waals surface area contributed by atoms with Crippen molar-refractivity contribution < 1.29 is 14.3 Å². The highest BCUT2D eigenvalue weighted by molar-refractivity contribution is 6.13. The van der Waals surface area contributed by atoms with Crippen molar-refractivity contribution in [1.29, 1.82) is 0 Å². The summed E-state index contributed by atoms with van der Waals surface area (Å²) in [5.74, 6) is 1.98. The van der Waals surface area contributed by atoms with Crippen molar-refractivity contribution in [2.45, 2.75) is 83.5 Å². The van der Waals surface area contributed by atoms with Crippen LogP contribution in [0.2, 0.25) is 0 Å². The summed E-state index contributed by atoms with van der Waals surface area (Å²) in [6.45, 7) is 8.95. The van der Waals surface area contributed by atoms with E-state index in [1.54, 1.807) is 0 Å². The lowest BCUT2D eigenvalue weighted by atomic mass is 9.87. The maximum Gasteiger partial charge on any atom is 0.185 e. The maximum atomic E-state index is 13.3. The van der Waals surface area contributed by atoms with Crippen molar-refractivity contribution in [3.05, 3.63) is 70.8 Å². The average Bonchev–Trinajstić information content (AvgIpc) is 3.05. The van der Waals surface area contributed by atoms with Crippen LogP contribution in [0.5, 0.6) is 11.5 Å². The van der Waals surface area contributed by atoms with Crippen molar-refractivity contribution >= 4 is 17.9 Å². The van der Waals surface area contributed by atoms with Gasteiger partial charge in [-0.2, -0.15) is 0 Å². The van der Waals surface area contributed by atoms with E-state index in [1.165, 1.54) is 90.6 Å². The van der Waals surface area contributed by atoms with Crippen molar-refractivity contribution in [3.63, 3.8) is 0 Å². The highest BCUT2D eigenvalue weighted by Crippen LogP contribution is 2.29. The Balaban J connectivity index is 1.04. The molecule has 0 atom stereocenters. The molecule has 5 nitrogen and oxygen atoms in total. The standard InChI is InChI=1S/C38H52N2O3/c41-38-34(30-32-14-18-36(19-15-32)42-28-9-7-26-39-22-3-1-4-23-39)12-11-13-35(38)31-33-16-20-37(21-17-33)43-29-10-8-27-40-24-5-2-6-25-40/h14-21,30-31H,1-13,22-29H2/b34-30+,35-31+. The molecule has 0 radical (unpaired) electrons. The van der Waals surface area contributed by atoms with Gasteiger partial charge in [0.05, 0.1) is 13.2 Å². The highest BCUT2D eigenvalue weighted by Gasteiger charge is 2.20. The first kappa shape index (κ1) is 31.5. The minimum atomic E-state index is 0.175. The Bertz CT molecular complexity index is 1080. The van der Waals surface area contributed by atoms with Crippen molar-refractivity contribution in [2.75, 3.05) is 52.5 Å². The van der Waals surface area contributed by atoms with E-state index in [1.807, 2.05) is 24.3 Å². The van der Waals surface area contributed by atoms with Gasteiger partial charge in [0.2, 0.25) is 0 Å². The van der Waals surface area contributed by atoms with Gasteiger partial charge in [0.15, 0.2) is 5.78 Å². The first-order valence-corrected chi connectivity index (χ1v) is 17.1. The lowest BCUT2D eigenvalue weighted by molar-refractivity contribution is -0.112. The summed E-state index contributed by atoms with van der Waals surface area (Å²) in [4.78, 5) is 18.5. The molecule has 0 N–H and O–H groups in total. The predicted octanol–water partition coefficient (Wildman–Crippen LogP) is 8.20. The molecule has 2 aliphatic heterocycles. The molecule has 43 heavy (non-hydrogen) atoms. The molecule has 0 bridgehead atoms. The first-order valence-electron chi connectivity index (χ1n) is 17.1. The van der Waals surface area contributed by atoms with E-state index in [-0.39, 0.29) is 5.78 Å². The first-order chi connectivity index (χ1) is 21.2. The molecule has 5 rings (SSSR count). The number of likely N-dealkylation sites (tertiary alicyclic amines) is 2. The van der Waals surface area contributed by atoms with Gasteiger partial charge in [0.25, 0.3) is 0 Å². The van der Waals surface area contributed by atoms with E-state index >= 15 is 0 Å². The number of piperidine rings is 2. The number of carbonyl (C=O) groups excluding carboxylic acids is 1. The van der Waals surface area contributed by atoms with Crippen LogP contribution in [0.3, 0.4) is 0 Å². The van der Waals surface area contributed by atoms with E-state index < -0.39 is 0 Å². The molecule has 1 aliphatic carbocycles. The SMILES string of the molecule is O=C1/C(=C/c2ccc(OCCCCN3CCCCC3)cc2)CCC/C1=C\c1ccc(OCCCCN2CCCCC2)cc1. The second kappa shape index (κ2) is 17.4. The largest absolute Gasteiger partial charge is 0.494 e. The molecule has 5 heteroatoms. The Hall–Kier alpha value is -2.89. The maximum absolute atomic E-state index is 13.3. The van der Waals surface area contributed by atoms with E-state index in [4.69, 9.17) is 9.47 Å². The quantitative estimate of drug-likeness (QED) is 0.165. The van der Waals surface area contributed by atoms with Crippen LogP contribution in [0.25, 0.3) is 12.2 Å². The number of hydrogen-bond donors (Lipinski definition) is 0. The smallest absolute Gasteiger partial charge is 0.185 e. The van der Waals surface area contributed by atoms with E-state index in [2.05, 4.69) is 46.2 Å². The van der Waals surface area contributed by atoms with E-state index in [0.29, 0.717) is 0 Å². The second-order valence-electron chi connectivity index (χ2n) is 12.6. The molecule has 3 aliphatic rings. The molecule has 2 aromatic carbocycles. The topological polar surface area (TPSA) is 42.0 Å². The van der Waals surface area contributed by atoms with Gasteiger partial charge in [-0.1, -0.05) is 37.1 Å². The van der Waals surface area contributed by atoms with Gasteiger partial charge in [0, 0.05) is 11.1 Å². The number of ether oxygens (including phenoxy) is 2. The van der Waals surface area contributed by atoms with Crippen molar-refractivity contribution in [3.8, 4) is 11.5 Å². The van der Waals surface area contributed by atoms with Gasteiger partial charge in [0.1, 0.15) is 11.5 Å². The lowest BCUT2D eigenvalue weighted by Gasteiger charge is -2.26. The number of allylic oxidation sites excluding steroid dienone is 2. The number of ketones is 1. The van der Waals surface area contributed by atoms with Crippen LogP contribution in [0, 0.1) is 0 Å². The van der Waals surface area contributed by atoms with Gasteiger partial charge in [-0.15, -0.1) is 0 Å². The van der Waals surface area contributed by atoms with Gasteiger partial charge in [-0.05, 0) is 157 Å². The molecule has 2 aromatic rings. The molecule has 0 aromatic heterocycles. The van der Waals surface area contributed by atoms with Crippen LogP contribution in [0.1, 0.15) is 94.6 Å². The molecule has 0 spiro atoms. The van der Waals surface area contributed by atoms with Gasteiger partial charge in [-0.3, -0.25) is 4.79 Å². The summed E-state index contributed by atoms with van der Waals surface area (Å²) in [5, 5.41) is 0. The van der Waals surface area contributed by atoms with Crippen molar-refractivity contribution in [1.82, 2.24) is 9.80 Å². The third-order valence-corrected chi connectivity index (χ3v) is 9.09. The molecule has 2 heterocycles. The summed E-state index contributed by atoms with van der Waals surface area (Å²) in [6, 6.07) is 16.4. The van der Waals surface area contributed by atoms with Crippen LogP contribution >= 0.6 is 0 Å². The lowest BCUT2D eigenvalue weighted by Crippen LogP contribution is -2.30. The number of unbranched alkanes of at least 4 members (excludes halogenated alkanes) is 2. The fraction of sp³-hybridized carbons (Fsp3) is 0.553. The third kappa shape index (κ3) is 10.7. The molecule has 2 saturated heterocycles. The van der Waals surface area contributed by atoms with Crippen LogP contribution in [0.15, 0.2) is 59.7 Å². The van der Waals surface area contributed by atoms with Crippen LogP contribution in [-0.2, 0) is 4.79 Å². The Kier molecular flexibility index (Phi) is 12.8. The minimum Gasteiger partial charge on any atom is -0.494 e. The number of rotatable bonds is 14. The van der Waals surface area contributed by atoms with Gasteiger partial charge >= 0.3 is 0 Å². The summed E-state index contributed by atoms with van der Waals surface area (Å²) in [5.41, 5.74) is 3.90. The fourth-order valence-corrected chi connectivity index (χ4v) is 6.52. The highest BCUT2D eigenvalue weighted by atomic mass is 16.5. The fourth-order valence-electron chi connectivity index (χ4n) is 6.52. The van der Waals surface area contributed by atoms with Crippen LogP contribution in [0.4, 0.5) is 0 Å². The van der Waals surface area contributed by atoms with Crippen LogP contribution in [-0.4, -0.2) is 68.1 Å². The summed E-state index contributed by atoms with van der Waals surface area (Å²) in [6.07, 6.45) is 19.5. The zero-order valence-corrected chi connectivity index (χ0v) is 26.2. The monoisotopic (exact) mass is 584 g/mol. The molecular formula is C38H52N2O3. The molecule has 0 amide bonds. The number of benzene rings is 2. The predicted molar refractivity (Wildman–Crippen MR) is 178 cm³/mol. The summed E-state index contributed by atoms with van der Waals surface area (Å²) in [7, 11) is 0. The Morgan fingerprint density at radius 2 is 0.953 bits per heavy atom. The molecule has 232 valence electrons. The summed E-state index contributed by atoms with van der Waals surface area (Å²) >= 11 is 0. The van der Waals surface area contributed by atoms with Crippen molar-refractivity contribution in [2.24, 2.45) is 0 Å². The molecule has 1 saturated carbocycles. The summed E-state index contributed by atoms with van der Waals surface area (Å²) < 4.78 is 12.0.